The van der Waals surface area contributed by atoms with Crippen molar-refractivity contribution in [3.8, 4) is 17.2 Å². The van der Waals surface area contributed by atoms with Crippen LogP contribution in [0.5, 0.6) is 17.2 Å². The number of likely N-dealkylation sites (tertiary alicyclic amines) is 1. The van der Waals surface area contributed by atoms with Gasteiger partial charge in [0.15, 0.2) is 18.1 Å². The number of imide groups is 1. The molecule has 0 aliphatic carbocycles. The number of benzene rings is 4. The van der Waals surface area contributed by atoms with Crippen LogP contribution in [0.15, 0.2) is 91.0 Å². The monoisotopic (exact) mass is 800 g/mol. The second-order valence-corrected chi connectivity index (χ2v) is 14.9. The van der Waals surface area contributed by atoms with E-state index in [2.05, 4.69) is 10.2 Å². The highest BCUT2D eigenvalue weighted by Gasteiger charge is 2.37. The molecule has 0 bridgehead atoms. The molecule has 56 heavy (non-hydrogen) atoms. The zero-order chi connectivity index (χ0) is 39.2. The van der Waals surface area contributed by atoms with E-state index in [1.165, 1.54) is 0 Å². The molecule has 2 N–H and O–H groups in total. The second-order valence-electron chi connectivity index (χ2n) is 14.1. The molecule has 3 aliphatic rings. The van der Waals surface area contributed by atoms with Crippen molar-refractivity contribution >= 4 is 46.8 Å². The number of carbonyl (C=O) groups is 4. The maximum absolute atomic E-state index is 14.2. The Hall–Kier alpha value is -5.14. The maximum Gasteiger partial charge on any atom is 0.261 e. The summed E-state index contributed by atoms with van der Waals surface area (Å²) >= 11 is 12.4. The van der Waals surface area contributed by atoms with Crippen LogP contribution in [0.1, 0.15) is 51.1 Å². The predicted molar refractivity (Wildman–Crippen MR) is 209 cm³/mol. The van der Waals surface area contributed by atoms with E-state index in [4.69, 9.17) is 37.4 Å². The van der Waals surface area contributed by atoms with Crippen molar-refractivity contribution in [2.75, 3.05) is 39.6 Å². The Labute approximate surface area is 334 Å². The smallest absolute Gasteiger partial charge is 0.261 e. The molecular weight excluding hydrogens is 759 g/mol. The minimum absolute atomic E-state index is 0.0907. The lowest BCUT2D eigenvalue weighted by atomic mass is 9.97. The third-order valence-corrected chi connectivity index (χ3v) is 11.2. The summed E-state index contributed by atoms with van der Waals surface area (Å²) in [4.78, 5) is 58.8. The van der Waals surface area contributed by atoms with Crippen molar-refractivity contribution in [1.82, 2.24) is 20.0 Å². The summed E-state index contributed by atoms with van der Waals surface area (Å²) in [5, 5.41) is 15.3. The van der Waals surface area contributed by atoms with Gasteiger partial charge in [0.25, 0.3) is 17.7 Å². The van der Waals surface area contributed by atoms with Gasteiger partial charge < -0.3 is 29.5 Å². The predicted octanol–water partition coefficient (Wildman–Crippen LogP) is 5.37. The molecule has 3 aliphatic heterocycles. The molecule has 0 saturated carbocycles. The molecule has 4 aromatic carbocycles. The lowest BCUT2D eigenvalue weighted by molar-refractivity contribution is -0.137. The van der Waals surface area contributed by atoms with Gasteiger partial charge >= 0.3 is 0 Å². The van der Waals surface area contributed by atoms with Gasteiger partial charge in [-0.05, 0) is 66.8 Å². The third-order valence-electron chi connectivity index (χ3n) is 10.4. The average Bonchev–Trinajstić information content (AvgIpc) is 3.78. The highest BCUT2D eigenvalue weighted by molar-refractivity contribution is 6.42. The van der Waals surface area contributed by atoms with Crippen LogP contribution < -0.4 is 19.5 Å². The van der Waals surface area contributed by atoms with Crippen LogP contribution in [0.2, 0.25) is 10.0 Å². The molecule has 3 heterocycles. The first-order valence-electron chi connectivity index (χ1n) is 18.6. The molecule has 12 nitrogen and oxygen atoms in total. The Morgan fingerprint density at radius 1 is 0.875 bits per heavy atom. The first kappa shape index (κ1) is 39.1. The molecule has 1 fully saturated rings. The van der Waals surface area contributed by atoms with Crippen LogP contribution in [0, 0.1) is 0 Å². The fourth-order valence-corrected chi connectivity index (χ4v) is 7.75. The van der Waals surface area contributed by atoms with Gasteiger partial charge in [0.2, 0.25) is 12.7 Å². The Morgan fingerprint density at radius 3 is 2.30 bits per heavy atom. The molecule has 7 rings (SSSR count). The van der Waals surface area contributed by atoms with E-state index >= 15 is 0 Å². The minimum Gasteiger partial charge on any atom is -0.482 e. The zero-order valence-electron chi connectivity index (χ0n) is 30.6. The van der Waals surface area contributed by atoms with Crippen molar-refractivity contribution in [3.63, 3.8) is 0 Å². The van der Waals surface area contributed by atoms with Gasteiger partial charge in [-0.2, -0.15) is 0 Å². The van der Waals surface area contributed by atoms with E-state index in [0.717, 1.165) is 27.5 Å². The number of carbonyl (C=O) groups excluding carboxylic acids is 4. The first-order valence-corrected chi connectivity index (χ1v) is 19.3. The number of rotatable bonds is 15. The van der Waals surface area contributed by atoms with Crippen LogP contribution in [0.4, 0.5) is 0 Å². The topological polar surface area (TPSA) is 138 Å². The fourth-order valence-electron chi connectivity index (χ4n) is 7.40. The molecule has 1 saturated heterocycles. The number of amides is 4. The van der Waals surface area contributed by atoms with Crippen molar-refractivity contribution in [2.45, 2.75) is 50.4 Å². The Kier molecular flexibility index (Phi) is 12.4. The summed E-state index contributed by atoms with van der Waals surface area (Å²) in [5.74, 6) is 0.0101. The average molecular weight is 802 g/mol. The molecule has 4 aromatic rings. The summed E-state index contributed by atoms with van der Waals surface area (Å²) in [7, 11) is 0. The molecule has 4 amide bonds. The zero-order valence-corrected chi connectivity index (χ0v) is 32.1. The number of hydrogen-bond donors (Lipinski definition) is 2. The van der Waals surface area contributed by atoms with Crippen molar-refractivity contribution < 1.29 is 38.5 Å². The minimum atomic E-state index is -1.19. The summed E-state index contributed by atoms with van der Waals surface area (Å²) in [6.45, 7) is 1.68. The Balaban J connectivity index is 1.05. The lowest BCUT2D eigenvalue weighted by Gasteiger charge is -2.40. The standard InChI is InChI=1S/C42H42Cl2N4O8/c43-32-11-6-12-36(40(32)44)54-25-38(50)45-33(21-27-7-2-1-3-8-27)34(49)24-48(39(51)17-20-47-41(52)30-9-4-5-10-31(30)42(47)53)29-15-18-46(19-16-29)23-28-13-14-35-37(22-28)56-26-55-35/h1-14,22,29,33-34,49H,15-21,23-26H2,(H,45,50)/t33-,34-/m0/s1. The van der Waals surface area contributed by atoms with Gasteiger partial charge in [-0.15, -0.1) is 0 Å². The van der Waals surface area contributed by atoms with Crippen LogP contribution >= 0.6 is 23.2 Å². The SMILES string of the molecule is O=C(COc1cccc(Cl)c1Cl)N[C@@H](Cc1ccccc1)[C@@H](O)CN(C(=O)CCN1C(=O)c2ccccc2C1=O)C1CCN(Cc2ccc3c(c2)OCO3)CC1. The van der Waals surface area contributed by atoms with Crippen LogP contribution in [-0.4, -0.2) is 101 Å². The first-order chi connectivity index (χ1) is 27.1. The van der Waals surface area contributed by atoms with E-state index in [0.29, 0.717) is 43.6 Å². The molecule has 0 unspecified atom stereocenters. The highest BCUT2D eigenvalue weighted by Crippen LogP contribution is 2.34. The number of fused-ring (bicyclic) bond motifs is 2. The number of aliphatic hydroxyl groups excluding tert-OH is 1. The number of nitrogens with one attached hydrogen (secondary N) is 1. The van der Waals surface area contributed by atoms with Gasteiger partial charge in [-0.3, -0.25) is 29.0 Å². The van der Waals surface area contributed by atoms with Crippen LogP contribution in [-0.2, 0) is 22.6 Å². The van der Waals surface area contributed by atoms with Crippen LogP contribution in [0.3, 0.4) is 0 Å². The quantitative estimate of drug-likeness (QED) is 0.152. The van der Waals surface area contributed by atoms with E-state index < -0.39 is 29.9 Å². The van der Waals surface area contributed by atoms with E-state index in [1.54, 1.807) is 47.4 Å². The maximum atomic E-state index is 14.2. The summed E-state index contributed by atoms with van der Waals surface area (Å²) < 4.78 is 16.7. The molecule has 14 heteroatoms. The lowest BCUT2D eigenvalue weighted by Crippen LogP contribution is -2.55. The van der Waals surface area contributed by atoms with Gasteiger partial charge in [0, 0.05) is 45.2 Å². The number of hydrogen-bond acceptors (Lipinski definition) is 9. The van der Waals surface area contributed by atoms with Gasteiger partial charge in [-0.1, -0.05) is 77.8 Å². The number of ether oxygens (including phenoxy) is 3. The van der Waals surface area contributed by atoms with E-state index in [9.17, 15) is 24.3 Å². The molecule has 2 atom stereocenters. The largest absolute Gasteiger partial charge is 0.482 e. The number of nitrogens with zero attached hydrogens (tertiary/aromatic N) is 3. The number of halogens is 2. The van der Waals surface area contributed by atoms with Gasteiger partial charge in [0.05, 0.1) is 28.3 Å². The second kappa shape index (κ2) is 17.8. The molecule has 292 valence electrons. The van der Waals surface area contributed by atoms with Gasteiger partial charge in [-0.25, -0.2) is 0 Å². The van der Waals surface area contributed by atoms with Crippen molar-refractivity contribution in [2.24, 2.45) is 0 Å². The number of piperidine rings is 1. The van der Waals surface area contributed by atoms with E-state index in [-0.39, 0.29) is 67.1 Å². The van der Waals surface area contributed by atoms with Crippen molar-refractivity contribution in [1.29, 1.82) is 0 Å². The third kappa shape index (κ3) is 9.11. The molecule has 0 aromatic heterocycles. The highest BCUT2D eigenvalue weighted by atomic mass is 35.5. The van der Waals surface area contributed by atoms with Crippen molar-refractivity contribution in [3.05, 3.63) is 123 Å². The molecule has 0 spiro atoms. The van der Waals surface area contributed by atoms with Crippen LogP contribution in [0.25, 0.3) is 0 Å². The summed E-state index contributed by atoms with van der Waals surface area (Å²) in [5.41, 5.74) is 2.58. The van der Waals surface area contributed by atoms with Gasteiger partial charge in [0.1, 0.15) is 10.8 Å². The number of aliphatic hydroxyl groups is 1. The summed E-state index contributed by atoms with van der Waals surface area (Å²) in [6, 6.07) is 25.7. The van der Waals surface area contributed by atoms with E-state index in [1.807, 2.05) is 48.5 Å². The normalized spacial score (nSPS) is 16.4. The summed E-state index contributed by atoms with van der Waals surface area (Å²) in [6.07, 6.45) is 0.208. The Morgan fingerprint density at radius 2 is 1.57 bits per heavy atom. The Bertz CT molecular complexity index is 2040. The molecular formula is C42H42Cl2N4O8. The fraction of sp³-hybridized carbons (Fsp3) is 0.333. The molecule has 0 radical (unpaired) electrons.